The lowest BCUT2D eigenvalue weighted by Gasteiger charge is -2.17. The van der Waals surface area contributed by atoms with Gasteiger partial charge in [-0.3, -0.25) is 4.99 Å². The largest absolute Gasteiger partial charge is 0.437 e. The first-order valence-corrected chi connectivity index (χ1v) is 12.8. The van der Waals surface area contributed by atoms with Gasteiger partial charge in [-0.15, -0.1) is 0 Å². The number of ether oxygens (including phenoxy) is 2. The van der Waals surface area contributed by atoms with E-state index in [-0.39, 0.29) is 17.6 Å². The number of benzene rings is 3. The van der Waals surface area contributed by atoms with Gasteiger partial charge < -0.3 is 30.3 Å². The van der Waals surface area contributed by atoms with E-state index in [1.54, 1.807) is 18.2 Å². The molecule has 3 N–H and O–H groups in total. The summed E-state index contributed by atoms with van der Waals surface area (Å²) in [4.78, 5) is 17.6. The maximum atomic E-state index is 9.47. The molecule has 0 bridgehead atoms. The Hall–Kier alpha value is -5.30. The molecule has 0 atom stereocenters. The van der Waals surface area contributed by atoms with Gasteiger partial charge in [-0.2, -0.15) is 15.2 Å². The van der Waals surface area contributed by atoms with Crippen molar-refractivity contribution < 1.29 is 9.47 Å². The van der Waals surface area contributed by atoms with Gasteiger partial charge in [-0.1, -0.05) is 42.5 Å². The fourth-order valence-electron chi connectivity index (χ4n) is 4.27. The van der Waals surface area contributed by atoms with E-state index < -0.39 is 0 Å². The van der Waals surface area contributed by atoms with E-state index in [0.717, 1.165) is 30.1 Å². The Morgan fingerprint density at radius 2 is 1.80 bits per heavy atom. The van der Waals surface area contributed by atoms with Crippen LogP contribution in [-0.2, 0) is 6.54 Å². The van der Waals surface area contributed by atoms with Crippen molar-refractivity contribution in [3.05, 3.63) is 89.5 Å². The maximum absolute atomic E-state index is 9.47. The second-order valence-corrected chi connectivity index (χ2v) is 9.46. The molecule has 0 spiro atoms. The molecule has 0 fully saturated rings. The number of rotatable bonds is 9. The fraction of sp³-hybridized carbons (Fsp3) is 0.200. The van der Waals surface area contributed by atoms with Crippen molar-refractivity contribution in [1.29, 1.82) is 5.26 Å². The molecular formula is C30H30N8O2. The van der Waals surface area contributed by atoms with Crippen LogP contribution in [-0.4, -0.2) is 54.9 Å². The van der Waals surface area contributed by atoms with Gasteiger partial charge in [0.05, 0.1) is 17.8 Å². The highest BCUT2D eigenvalue weighted by Gasteiger charge is 2.19. The predicted octanol–water partition coefficient (Wildman–Crippen LogP) is 4.89. The van der Waals surface area contributed by atoms with Gasteiger partial charge in [0.1, 0.15) is 29.1 Å². The molecule has 0 radical (unpaired) electrons. The summed E-state index contributed by atoms with van der Waals surface area (Å²) in [6.45, 7) is 2.13. The smallest absolute Gasteiger partial charge is 0.327 e. The molecule has 0 aliphatic carbocycles. The van der Waals surface area contributed by atoms with Crippen LogP contribution >= 0.6 is 0 Å². The van der Waals surface area contributed by atoms with Crippen LogP contribution in [0.4, 0.5) is 17.2 Å². The molecule has 10 nitrogen and oxygen atoms in total. The highest BCUT2D eigenvalue weighted by molar-refractivity contribution is 5.99. The Morgan fingerprint density at radius 1 is 1.00 bits per heavy atom. The van der Waals surface area contributed by atoms with Crippen LogP contribution in [0.1, 0.15) is 16.7 Å². The average molecular weight is 535 g/mol. The van der Waals surface area contributed by atoms with Gasteiger partial charge in [-0.25, -0.2) is 0 Å². The second kappa shape index (κ2) is 11.6. The first-order valence-electron chi connectivity index (χ1n) is 12.8. The van der Waals surface area contributed by atoms with Crippen LogP contribution in [0.25, 0.3) is 0 Å². The van der Waals surface area contributed by atoms with Crippen LogP contribution < -0.4 is 25.4 Å². The number of nitrogen functional groups attached to an aromatic ring is 1. The fourth-order valence-corrected chi connectivity index (χ4v) is 4.27. The quantitative estimate of drug-likeness (QED) is 0.309. The van der Waals surface area contributed by atoms with Crippen molar-refractivity contribution in [2.45, 2.75) is 6.54 Å². The monoisotopic (exact) mass is 534 g/mol. The number of nitrogens with two attached hydrogens (primary N) is 1. The lowest BCUT2D eigenvalue weighted by Crippen LogP contribution is -2.23. The normalized spacial score (nSPS) is 12.4. The van der Waals surface area contributed by atoms with Crippen LogP contribution in [0.5, 0.6) is 23.4 Å². The highest BCUT2D eigenvalue weighted by Crippen LogP contribution is 2.35. The Labute approximate surface area is 233 Å². The molecule has 0 amide bonds. The van der Waals surface area contributed by atoms with Crippen molar-refractivity contribution in [3.63, 3.8) is 0 Å². The lowest BCUT2D eigenvalue weighted by atomic mass is 10.2. The number of aromatic nitrogens is 2. The molecule has 40 heavy (non-hydrogen) atoms. The Balaban J connectivity index is 1.48. The zero-order valence-corrected chi connectivity index (χ0v) is 22.6. The minimum Gasteiger partial charge on any atom is -0.437 e. The first-order chi connectivity index (χ1) is 19.4. The number of hydrogen-bond donors (Lipinski definition) is 2. The summed E-state index contributed by atoms with van der Waals surface area (Å²) in [5, 5.41) is 12.7. The van der Waals surface area contributed by atoms with Crippen molar-refractivity contribution >= 4 is 23.0 Å². The van der Waals surface area contributed by atoms with E-state index in [1.807, 2.05) is 80.6 Å². The summed E-state index contributed by atoms with van der Waals surface area (Å²) in [5.74, 6) is 2.44. The molecule has 10 heteroatoms. The van der Waals surface area contributed by atoms with E-state index in [4.69, 9.17) is 15.2 Å². The minimum absolute atomic E-state index is 0.0695. The summed E-state index contributed by atoms with van der Waals surface area (Å²) >= 11 is 0. The summed E-state index contributed by atoms with van der Waals surface area (Å²) in [6.07, 6.45) is 0. The zero-order valence-electron chi connectivity index (χ0n) is 22.6. The predicted molar refractivity (Wildman–Crippen MR) is 156 cm³/mol. The van der Waals surface area contributed by atoms with Gasteiger partial charge >= 0.3 is 6.01 Å². The number of hydrogen-bond acceptors (Lipinski definition) is 10. The number of aliphatic imine (C=N–C) groups is 1. The third-order valence-corrected chi connectivity index (χ3v) is 6.34. The summed E-state index contributed by atoms with van der Waals surface area (Å²) in [6, 6.07) is 25.0. The van der Waals surface area contributed by atoms with E-state index in [2.05, 4.69) is 31.2 Å². The number of anilines is 3. The Kier molecular flexibility index (Phi) is 7.64. The minimum atomic E-state index is 0.0695. The van der Waals surface area contributed by atoms with Gasteiger partial charge in [0, 0.05) is 45.9 Å². The Bertz CT molecular complexity index is 1580. The molecule has 202 valence electrons. The molecule has 0 saturated heterocycles. The van der Waals surface area contributed by atoms with Gasteiger partial charge in [0.15, 0.2) is 5.82 Å². The third kappa shape index (κ3) is 5.89. The van der Waals surface area contributed by atoms with Gasteiger partial charge in [0.25, 0.3) is 5.88 Å². The standard InChI is InChI=1S/C30H30N8O2/c1-37(2)25-17-24(13-12-22(25)18-31)39-29-26(32)27(34-19-20-8-5-4-6-9-20)35-30(36-29)40-23-11-7-10-21(16-23)28-33-14-15-38(28)3/h4-13,16-17H,14-15,19,32H2,1-3H3,(H,34,35,36). The first kappa shape index (κ1) is 26.3. The third-order valence-electron chi connectivity index (χ3n) is 6.34. The van der Waals surface area contributed by atoms with Crippen molar-refractivity contribution in [1.82, 2.24) is 14.9 Å². The summed E-state index contributed by atoms with van der Waals surface area (Å²) < 4.78 is 12.2. The highest BCUT2D eigenvalue weighted by atomic mass is 16.5. The van der Waals surface area contributed by atoms with Crippen LogP contribution in [0.2, 0.25) is 0 Å². The molecular weight excluding hydrogens is 504 g/mol. The average Bonchev–Trinajstić information content (AvgIpc) is 3.40. The summed E-state index contributed by atoms with van der Waals surface area (Å²) in [5.41, 5.74) is 9.95. The Morgan fingerprint density at radius 3 is 2.52 bits per heavy atom. The number of nitrogens with one attached hydrogen (secondary N) is 1. The molecule has 0 saturated carbocycles. The summed E-state index contributed by atoms with van der Waals surface area (Å²) in [7, 11) is 5.74. The lowest BCUT2D eigenvalue weighted by molar-refractivity contribution is 0.414. The van der Waals surface area contributed by atoms with Crippen LogP contribution in [0.3, 0.4) is 0 Å². The molecule has 0 unspecified atom stereocenters. The molecule has 1 aliphatic rings. The van der Waals surface area contributed by atoms with Crippen molar-refractivity contribution in [2.24, 2.45) is 4.99 Å². The van der Waals surface area contributed by atoms with Gasteiger partial charge in [0.2, 0.25) is 0 Å². The molecule has 5 rings (SSSR count). The molecule has 2 heterocycles. The van der Waals surface area contributed by atoms with Crippen molar-refractivity contribution in [3.8, 4) is 29.5 Å². The van der Waals surface area contributed by atoms with E-state index in [9.17, 15) is 5.26 Å². The van der Waals surface area contributed by atoms with E-state index in [1.165, 1.54) is 0 Å². The number of amidine groups is 1. The van der Waals surface area contributed by atoms with Crippen LogP contribution in [0.15, 0.2) is 77.8 Å². The number of nitrogens with zero attached hydrogens (tertiary/aromatic N) is 6. The molecule has 4 aromatic rings. The van der Waals surface area contributed by atoms with Crippen LogP contribution in [0, 0.1) is 11.3 Å². The molecule has 1 aliphatic heterocycles. The molecule has 1 aromatic heterocycles. The second-order valence-electron chi connectivity index (χ2n) is 9.46. The topological polar surface area (TPSA) is 125 Å². The zero-order chi connectivity index (χ0) is 28.1. The number of likely N-dealkylation sites (N-methyl/N-ethyl adjacent to an activating group) is 1. The van der Waals surface area contributed by atoms with E-state index in [0.29, 0.717) is 35.1 Å². The van der Waals surface area contributed by atoms with Crippen molar-refractivity contribution in [2.75, 3.05) is 50.2 Å². The van der Waals surface area contributed by atoms with Gasteiger partial charge in [-0.05, 0) is 29.8 Å². The SMILES string of the molecule is CN1CCN=C1c1cccc(Oc2nc(NCc3ccccc3)c(N)c(Oc3ccc(C#N)c(N(C)C)c3)n2)c1. The number of nitriles is 1. The molecule has 3 aromatic carbocycles. The maximum Gasteiger partial charge on any atom is 0.327 e. The van der Waals surface area contributed by atoms with E-state index >= 15 is 0 Å².